The van der Waals surface area contributed by atoms with E-state index in [2.05, 4.69) is 31.2 Å². The molecule has 1 N–H and O–H groups in total. The summed E-state index contributed by atoms with van der Waals surface area (Å²) in [5.74, 6) is 0.294. The van der Waals surface area contributed by atoms with E-state index in [0.717, 1.165) is 22.6 Å². The summed E-state index contributed by atoms with van der Waals surface area (Å²) >= 11 is 0.707. The fourth-order valence-corrected chi connectivity index (χ4v) is 9.52. The molecule has 0 saturated carbocycles. The third kappa shape index (κ3) is 5.89. The van der Waals surface area contributed by atoms with Crippen LogP contribution >= 0.6 is 11.3 Å². The van der Waals surface area contributed by atoms with Gasteiger partial charge in [0.15, 0.2) is 0 Å². The van der Waals surface area contributed by atoms with Gasteiger partial charge in [-0.25, -0.2) is 0 Å². The van der Waals surface area contributed by atoms with E-state index in [1.54, 1.807) is 28.1 Å². The molecule has 8 nitrogen and oxygen atoms in total. The molecular weight excluding hydrogens is 549 g/mol. The topological polar surface area (TPSA) is 90.6 Å². The maximum absolute atomic E-state index is 13.3. The molecule has 0 spiro atoms. The summed E-state index contributed by atoms with van der Waals surface area (Å²) < 4.78 is 13.9. The van der Waals surface area contributed by atoms with Crippen LogP contribution in [-0.4, -0.2) is 66.0 Å². The number of ether oxygens (including phenoxy) is 2. The first-order chi connectivity index (χ1) is 18.1. The van der Waals surface area contributed by atoms with Crippen LogP contribution in [0.2, 0.25) is 15.1 Å². The van der Waals surface area contributed by atoms with Gasteiger partial charge in [0.2, 0.25) is 0 Å². The van der Waals surface area contributed by atoms with Gasteiger partial charge < -0.3 is 0 Å². The minimum absolute atomic E-state index is 0.0766. The molecule has 10 heteroatoms. The van der Waals surface area contributed by atoms with E-state index in [4.69, 9.17) is 19.4 Å². The Kier molecular flexibility index (Phi) is 8.23. The number of pyridine rings is 1. The average molecular weight is 582 g/mol. The number of thiophene rings is 1. The van der Waals surface area contributed by atoms with E-state index < -0.39 is 14.7 Å². The second-order valence-electron chi connectivity index (χ2n) is 9.08. The molecule has 0 radical (unpaired) electrons. The third-order valence-electron chi connectivity index (χ3n) is 6.65. The van der Waals surface area contributed by atoms with Gasteiger partial charge in [0.25, 0.3) is 0 Å². The molecule has 5 rings (SSSR count). The van der Waals surface area contributed by atoms with Crippen LogP contribution in [0.5, 0.6) is 5.88 Å². The number of hydrogen-bond acceptors (Lipinski definition) is 7. The molecule has 37 heavy (non-hydrogen) atoms. The van der Waals surface area contributed by atoms with Crippen molar-refractivity contribution in [2.45, 2.75) is 48.4 Å². The predicted molar refractivity (Wildman–Crippen MR) is 148 cm³/mol. The monoisotopic (exact) mass is 581 g/mol. The van der Waals surface area contributed by atoms with Crippen molar-refractivity contribution in [3.8, 4) is 27.7 Å². The summed E-state index contributed by atoms with van der Waals surface area (Å²) in [5, 5.41) is 12.2. The number of fused-ring (bicyclic) bond motifs is 1. The SMILES string of the molecule is CC[As](CC)[C@@H](C)CNC(=O)c1cc(O[C@@H]2CCOC2)nc(-c2cnn3ccc(-c4cccs4)nc23)c1. The molecule has 0 unspecified atom stereocenters. The van der Waals surface area contributed by atoms with Crippen molar-refractivity contribution in [1.82, 2.24) is 24.9 Å². The van der Waals surface area contributed by atoms with Gasteiger partial charge in [-0.15, -0.1) is 11.3 Å². The number of nitrogens with one attached hydrogen (secondary N) is 1. The van der Waals surface area contributed by atoms with Crippen LogP contribution in [0, 0.1) is 0 Å². The Morgan fingerprint density at radius 2 is 2.14 bits per heavy atom. The summed E-state index contributed by atoms with van der Waals surface area (Å²) in [6, 6.07) is 9.54. The number of rotatable bonds is 10. The van der Waals surface area contributed by atoms with E-state index in [9.17, 15) is 4.79 Å². The van der Waals surface area contributed by atoms with E-state index in [1.165, 1.54) is 10.4 Å². The van der Waals surface area contributed by atoms with Gasteiger partial charge in [-0.3, -0.25) is 0 Å². The van der Waals surface area contributed by atoms with E-state index >= 15 is 0 Å². The zero-order chi connectivity index (χ0) is 25.8. The molecule has 1 amide bonds. The standard InChI is InChI=1S/C27H32AsN5O3S/c1-4-28(5-2)18(3)15-29-27(34)19-13-23(31-25(14-19)36-20-9-11-35-17-20)21-16-30-33-10-8-22(32-26(21)33)24-7-6-12-37-24/h6-8,10,12-14,16,18,20H,4-5,9,11,15,17H2,1-3H3,(H,29,34)/t18-,20+/m0/s1. The number of hydrogen-bond donors (Lipinski definition) is 1. The van der Waals surface area contributed by atoms with Gasteiger partial charge in [-0.05, 0) is 11.4 Å². The molecule has 0 bridgehead atoms. The molecule has 2 atom stereocenters. The van der Waals surface area contributed by atoms with Crippen LogP contribution in [0.15, 0.2) is 48.1 Å². The van der Waals surface area contributed by atoms with Crippen LogP contribution in [-0.2, 0) is 4.74 Å². The quantitative estimate of drug-likeness (QED) is 0.254. The van der Waals surface area contributed by atoms with Gasteiger partial charge in [-0.2, -0.15) is 0 Å². The number of amides is 1. The van der Waals surface area contributed by atoms with Crippen molar-refractivity contribution in [1.29, 1.82) is 0 Å². The normalized spacial score (nSPS) is 16.4. The van der Waals surface area contributed by atoms with Crippen LogP contribution in [0.4, 0.5) is 0 Å². The fraction of sp³-hybridized carbons (Fsp3) is 0.407. The minimum atomic E-state index is -0.931. The van der Waals surface area contributed by atoms with Gasteiger partial charge in [-0.1, -0.05) is 6.07 Å². The van der Waals surface area contributed by atoms with E-state index in [1.807, 2.05) is 35.8 Å². The van der Waals surface area contributed by atoms with Gasteiger partial charge in [0.05, 0.1) is 0 Å². The Hall–Kier alpha value is -2.74. The molecule has 1 aliphatic rings. The van der Waals surface area contributed by atoms with Crippen molar-refractivity contribution < 1.29 is 14.3 Å². The number of nitrogens with zero attached hydrogens (tertiary/aromatic N) is 4. The second-order valence-corrected chi connectivity index (χ2v) is 17.0. The first-order valence-corrected chi connectivity index (χ1v) is 17.3. The summed E-state index contributed by atoms with van der Waals surface area (Å²) in [6.07, 6.45) is 4.36. The Balaban J connectivity index is 1.48. The molecule has 1 aliphatic heterocycles. The maximum atomic E-state index is 13.3. The first-order valence-electron chi connectivity index (χ1n) is 12.7. The van der Waals surface area contributed by atoms with Crippen molar-refractivity contribution in [2.75, 3.05) is 19.8 Å². The molecule has 194 valence electrons. The number of carbonyl (C=O) groups excluding carboxylic acids is 1. The molecular formula is C27H32AsN5O3S. The Morgan fingerprint density at radius 1 is 1.27 bits per heavy atom. The zero-order valence-electron chi connectivity index (χ0n) is 21.4. The molecule has 0 aliphatic carbocycles. The molecule has 4 aromatic rings. The van der Waals surface area contributed by atoms with E-state index in [-0.39, 0.29) is 12.0 Å². The Bertz CT molecular complexity index is 1350. The predicted octanol–water partition coefficient (Wildman–Crippen LogP) is 5.34. The summed E-state index contributed by atoms with van der Waals surface area (Å²) in [4.78, 5) is 24.0. The Morgan fingerprint density at radius 3 is 2.86 bits per heavy atom. The van der Waals surface area contributed by atoms with Gasteiger partial charge >= 0.3 is 197 Å². The van der Waals surface area contributed by atoms with Crippen molar-refractivity contribution >= 4 is 37.5 Å². The van der Waals surface area contributed by atoms with Crippen molar-refractivity contribution in [2.24, 2.45) is 0 Å². The van der Waals surface area contributed by atoms with Crippen LogP contribution in [0.1, 0.15) is 37.6 Å². The second kappa shape index (κ2) is 11.8. The molecule has 1 fully saturated rings. The van der Waals surface area contributed by atoms with Crippen LogP contribution in [0.25, 0.3) is 27.5 Å². The summed E-state index contributed by atoms with van der Waals surface area (Å²) in [7, 11) is 0. The first kappa shape index (κ1) is 25.9. The van der Waals surface area contributed by atoms with Crippen LogP contribution < -0.4 is 10.1 Å². The van der Waals surface area contributed by atoms with Crippen LogP contribution in [0.3, 0.4) is 0 Å². The number of carbonyl (C=O) groups is 1. The third-order valence-corrected chi connectivity index (χ3v) is 14.0. The molecule has 0 aromatic carbocycles. The van der Waals surface area contributed by atoms with Gasteiger partial charge in [0, 0.05) is 0 Å². The van der Waals surface area contributed by atoms with Crippen molar-refractivity contribution in [3.05, 3.63) is 53.7 Å². The average Bonchev–Trinajstić information content (AvgIpc) is 3.69. The Labute approximate surface area is 225 Å². The zero-order valence-corrected chi connectivity index (χ0v) is 24.1. The fourth-order valence-electron chi connectivity index (χ4n) is 4.54. The number of aromatic nitrogens is 4. The van der Waals surface area contributed by atoms with Crippen molar-refractivity contribution in [3.63, 3.8) is 0 Å². The molecule has 5 heterocycles. The van der Waals surface area contributed by atoms with E-state index in [0.29, 0.717) is 47.2 Å². The van der Waals surface area contributed by atoms with Gasteiger partial charge in [0.1, 0.15) is 0 Å². The molecule has 1 saturated heterocycles. The summed E-state index contributed by atoms with van der Waals surface area (Å²) in [6.45, 7) is 8.67. The molecule has 4 aromatic heterocycles. The summed E-state index contributed by atoms with van der Waals surface area (Å²) in [5.41, 5.74) is 3.43.